The number of halogens is 2. The molecule has 4 nitrogen and oxygen atoms in total. The molecule has 0 bridgehead atoms. The number of rotatable bonds is 4. The van der Waals surface area contributed by atoms with Crippen LogP contribution >= 0.6 is 15.9 Å². The average Bonchev–Trinajstić information content (AvgIpc) is 2.40. The predicted molar refractivity (Wildman–Crippen MR) is 73.0 cm³/mol. The van der Waals surface area contributed by atoms with Gasteiger partial charge in [-0.3, -0.25) is 0 Å². The summed E-state index contributed by atoms with van der Waals surface area (Å²) in [4.78, 5) is 8.33. The van der Waals surface area contributed by atoms with E-state index in [0.717, 1.165) is 10.0 Å². The number of nitrogens with one attached hydrogen (secondary N) is 2. The summed E-state index contributed by atoms with van der Waals surface area (Å²) in [7, 11) is 1.76. The Kier molecular flexibility index (Phi) is 4.09. The molecule has 1 aromatic heterocycles. The van der Waals surface area contributed by atoms with Crippen LogP contribution in [0.25, 0.3) is 0 Å². The van der Waals surface area contributed by atoms with Gasteiger partial charge in [-0.15, -0.1) is 0 Å². The van der Waals surface area contributed by atoms with Crippen molar-refractivity contribution >= 4 is 27.7 Å². The molecule has 1 heterocycles. The van der Waals surface area contributed by atoms with Crippen LogP contribution in [0.2, 0.25) is 0 Å². The van der Waals surface area contributed by atoms with Crippen molar-refractivity contribution in [3.05, 3.63) is 46.3 Å². The molecule has 6 heteroatoms. The van der Waals surface area contributed by atoms with Crippen molar-refractivity contribution in [2.75, 3.05) is 17.7 Å². The Bertz CT molecular complexity index is 530. The van der Waals surface area contributed by atoms with Gasteiger partial charge in [-0.05, 0) is 33.6 Å². The zero-order valence-corrected chi connectivity index (χ0v) is 11.3. The van der Waals surface area contributed by atoms with Crippen molar-refractivity contribution in [1.82, 2.24) is 9.97 Å². The summed E-state index contributed by atoms with van der Waals surface area (Å²) in [6, 6.07) is 6.34. The van der Waals surface area contributed by atoms with Crippen molar-refractivity contribution in [3.63, 3.8) is 0 Å². The Morgan fingerprint density at radius 2 is 2.00 bits per heavy atom. The van der Waals surface area contributed by atoms with Crippen molar-refractivity contribution < 1.29 is 4.39 Å². The molecule has 0 unspecified atom stereocenters. The maximum atomic E-state index is 12.8. The van der Waals surface area contributed by atoms with Crippen LogP contribution in [-0.4, -0.2) is 17.0 Å². The first-order chi connectivity index (χ1) is 8.69. The summed E-state index contributed by atoms with van der Waals surface area (Å²) >= 11 is 3.37. The van der Waals surface area contributed by atoms with E-state index >= 15 is 0 Å². The molecule has 0 fully saturated rings. The normalized spacial score (nSPS) is 10.2. The number of hydrogen-bond donors (Lipinski definition) is 2. The lowest BCUT2D eigenvalue weighted by atomic mass is 10.2. The Labute approximate surface area is 113 Å². The maximum Gasteiger partial charge on any atom is 0.224 e. The predicted octanol–water partition coefficient (Wildman–Crippen LogP) is 3.03. The largest absolute Gasteiger partial charge is 0.365 e. The van der Waals surface area contributed by atoms with Gasteiger partial charge in [0.25, 0.3) is 0 Å². The smallest absolute Gasteiger partial charge is 0.224 e. The van der Waals surface area contributed by atoms with Crippen molar-refractivity contribution in [1.29, 1.82) is 0 Å². The Balaban J connectivity index is 2.07. The van der Waals surface area contributed by atoms with E-state index in [9.17, 15) is 4.39 Å². The standard InChI is InChI=1S/C12H12BrFN4/c1-15-12-17-7-10(13)11(18-12)16-6-8-2-4-9(14)5-3-8/h2-5,7H,6H2,1H3,(H2,15,16,17,18). The van der Waals surface area contributed by atoms with Crippen LogP contribution in [0, 0.1) is 5.82 Å². The molecule has 94 valence electrons. The number of benzene rings is 1. The van der Waals surface area contributed by atoms with Gasteiger partial charge in [0.2, 0.25) is 5.95 Å². The van der Waals surface area contributed by atoms with Gasteiger partial charge in [0.1, 0.15) is 11.6 Å². The first kappa shape index (κ1) is 12.8. The fourth-order valence-electron chi connectivity index (χ4n) is 1.40. The highest BCUT2D eigenvalue weighted by Gasteiger charge is 2.03. The molecule has 0 aliphatic carbocycles. The molecular weight excluding hydrogens is 299 g/mol. The van der Waals surface area contributed by atoms with Crippen molar-refractivity contribution in [2.24, 2.45) is 0 Å². The van der Waals surface area contributed by atoms with Gasteiger partial charge < -0.3 is 10.6 Å². The van der Waals surface area contributed by atoms with Crippen LogP contribution in [0.4, 0.5) is 16.2 Å². The first-order valence-electron chi connectivity index (χ1n) is 5.37. The third kappa shape index (κ3) is 3.16. The Morgan fingerprint density at radius 3 is 2.67 bits per heavy atom. The SMILES string of the molecule is CNc1ncc(Br)c(NCc2ccc(F)cc2)n1. The van der Waals surface area contributed by atoms with Crippen LogP contribution < -0.4 is 10.6 Å². The Morgan fingerprint density at radius 1 is 1.28 bits per heavy atom. The molecule has 2 rings (SSSR count). The van der Waals surface area contributed by atoms with Crippen molar-refractivity contribution in [3.8, 4) is 0 Å². The highest BCUT2D eigenvalue weighted by atomic mass is 79.9. The second kappa shape index (κ2) is 5.77. The highest BCUT2D eigenvalue weighted by Crippen LogP contribution is 2.20. The molecule has 0 aliphatic heterocycles. The third-order valence-electron chi connectivity index (χ3n) is 2.34. The lowest BCUT2D eigenvalue weighted by molar-refractivity contribution is 0.627. The van der Waals surface area contributed by atoms with E-state index < -0.39 is 0 Å². The quantitative estimate of drug-likeness (QED) is 0.911. The molecule has 0 saturated carbocycles. The van der Waals surface area contributed by atoms with Crippen LogP contribution in [0.3, 0.4) is 0 Å². The highest BCUT2D eigenvalue weighted by molar-refractivity contribution is 9.10. The summed E-state index contributed by atoms with van der Waals surface area (Å²) < 4.78 is 13.5. The molecule has 0 saturated heterocycles. The average molecular weight is 311 g/mol. The van der Waals surface area contributed by atoms with E-state index in [4.69, 9.17) is 0 Å². The maximum absolute atomic E-state index is 12.8. The van der Waals surface area contributed by atoms with Gasteiger partial charge in [0.15, 0.2) is 0 Å². The second-order valence-electron chi connectivity index (χ2n) is 3.62. The summed E-state index contributed by atoms with van der Waals surface area (Å²) in [5, 5.41) is 6.03. The lowest BCUT2D eigenvalue weighted by Crippen LogP contribution is -2.05. The van der Waals surface area contributed by atoms with E-state index in [1.807, 2.05) is 0 Å². The van der Waals surface area contributed by atoms with E-state index in [1.54, 1.807) is 25.4 Å². The van der Waals surface area contributed by atoms with Gasteiger partial charge in [-0.2, -0.15) is 4.98 Å². The molecule has 2 N–H and O–H groups in total. The zero-order chi connectivity index (χ0) is 13.0. The van der Waals surface area contributed by atoms with Gasteiger partial charge >= 0.3 is 0 Å². The molecule has 0 spiro atoms. The number of hydrogen-bond acceptors (Lipinski definition) is 4. The Hall–Kier alpha value is -1.69. The summed E-state index contributed by atoms with van der Waals surface area (Å²) in [5.74, 6) is 0.998. The van der Waals surface area contributed by atoms with Gasteiger partial charge in [-0.25, -0.2) is 9.37 Å². The van der Waals surface area contributed by atoms with E-state index in [-0.39, 0.29) is 5.82 Å². The molecular formula is C12H12BrFN4. The van der Waals surface area contributed by atoms with Crippen LogP contribution in [0.15, 0.2) is 34.9 Å². The molecule has 18 heavy (non-hydrogen) atoms. The van der Waals surface area contributed by atoms with Crippen molar-refractivity contribution in [2.45, 2.75) is 6.54 Å². The third-order valence-corrected chi connectivity index (χ3v) is 2.92. The molecule has 0 atom stereocenters. The van der Waals surface area contributed by atoms with Crippen LogP contribution in [0.1, 0.15) is 5.56 Å². The summed E-state index contributed by atoms with van der Waals surface area (Å²) in [6.07, 6.45) is 1.67. The van der Waals surface area contributed by atoms with Gasteiger partial charge in [0.05, 0.1) is 4.47 Å². The molecule has 0 radical (unpaired) electrons. The lowest BCUT2D eigenvalue weighted by Gasteiger charge is -2.08. The number of nitrogens with zero attached hydrogens (tertiary/aromatic N) is 2. The van der Waals surface area contributed by atoms with E-state index in [2.05, 4.69) is 36.5 Å². The first-order valence-corrected chi connectivity index (χ1v) is 6.17. The minimum absolute atomic E-state index is 0.237. The van der Waals surface area contributed by atoms with Gasteiger partial charge in [0, 0.05) is 19.8 Å². The molecule has 0 amide bonds. The second-order valence-corrected chi connectivity index (χ2v) is 4.47. The number of anilines is 2. The fourth-order valence-corrected chi connectivity index (χ4v) is 1.73. The molecule has 2 aromatic rings. The van der Waals surface area contributed by atoms with E-state index in [0.29, 0.717) is 18.3 Å². The van der Waals surface area contributed by atoms with E-state index in [1.165, 1.54) is 12.1 Å². The minimum atomic E-state index is -0.237. The molecule has 1 aromatic carbocycles. The summed E-state index contributed by atoms with van der Waals surface area (Å²) in [5.41, 5.74) is 0.980. The van der Waals surface area contributed by atoms with Crippen LogP contribution in [-0.2, 0) is 6.54 Å². The fraction of sp³-hybridized carbons (Fsp3) is 0.167. The van der Waals surface area contributed by atoms with Crippen LogP contribution in [0.5, 0.6) is 0 Å². The minimum Gasteiger partial charge on any atom is -0.365 e. The number of aromatic nitrogens is 2. The monoisotopic (exact) mass is 310 g/mol. The molecule has 0 aliphatic rings. The topological polar surface area (TPSA) is 49.8 Å². The summed E-state index contributed by atoms with van der Waals surface area (Å²) in [6.45, 7) is 0.568. The zero-order valence-electron chi connectivity index (χ0n) is 9.74. The van der Waals surface area contributed by atoms with Gasteiger partial charge in [-0.1, -0.05) is 12.1 Å².